The van der Waals surface area contributed by atoms with Crippen LogP contribution in [-0.4, -0.2) is 80.7 Å². The van der Waals surface area contributed by atoms with E-state index in [0.29, 0.717) is 11.5 Å². The number of hydrogen-bond donors (Lipinski definition) is 1. The van der Waals surface area contributed by atoms with Gasteiger partial charge in [0.15, 0.2) is 0 Å². The smallest absolute Gasteiger partial charge is 0.0224 e. The third-order valence-electron chi connectivity index (χ3n) is 3.91. The number of rotatable bonds is 6. The summed E-state index contributed by atoms with van der Waals surface area (Å²) in [5, 5.41) is 0. The van der Waals surface area contributed by atoms with Gasteiger partial charge in [0.25, 0.3) is 0 Å². The minimum atomic E-state index is 0.367. The molecule has 0 aromatic rings. The first kappa shape index (κ1) is 16.9. The largest absolute Gasteiger partial charge is 0.329 e. The van der Waals surface area contributed by atoms with Gasteiger partial charge in [0.05, 0.1) is 0 Å². The first-order chi connectivity index (χ1) is 8.81. The summed E-state index contributed by atoms with van der Waals surface area (Å²) < 4.78 is 0. The Kier molecular flexibility index (Phi) is 6.74. The van der Waals surface area contributed by atoms with E-state index in [4.69, 9.17) is 5.73 Å². The summed E-state index contributed by atoms with van der Waals surface area (Å²) in [7, 11) is 4.29. The standard InChI is InChI=1S/C15H34N4/c1-15(2,3)12-14(13-16)19-10-8-18(9-11-19)7-6-17(4)5/h14H,6-13,16H2,1-5H3. The highest BCUT2D eigenvalue weighted by atomic mass is 15.3. The second kappa shape index (κ2) is 7.58. The van der Waals surface area contributed by atoms with E-state index in [1.165, 1.54) is 39.1 Å². The van der Waals surface area contributed by atoms with Crippen LogP contribution in [0.3, 0.4) is 0 Å². The molecular formula is C15H34N4. The van der Waals surface area contributed by atoms with E-state index in [1.807, 2.05) is 0 Å². The Morgan fingerprint density at radius 1 is 1.11 bits per heavy atom. The molecule has 0 bridgehead atoms. The molecule has 2 N–H and O–H groups in total. The van der Waals surface area contributed by atoms with Gasteiger partial charge in [0.2, 0.25) is 0 Å². The number of hydrogen-bond acceptors (Lipinski definition) is 4. The molecule has 1 rings (SSSR count). The third-order valence-corrected chi connectivity index (χ3v) is 3.91. The normalized spacial score (nSPS) is 21.0. The van der Waals surface area contributed by atoms with Crippen molar-refractivity contribution in [1.29, 1.82) is 0 Å². The lowest BCUT2D eigenvalue weighted by Crippen LogP contribution is -2.53. The fourth-order valence-electron chi connectivity index (χ4n) is 2.76. The number of piperazine rings is 1. The number of likely N-dealkylation sites (N-methyl/N-ethyl adjacent to an activating group) is 1. The molecule has 0 amide bonds. The zero-order valence-electron chi connectivity index (χ0n) is 13.7. The maximum atomic E-state index is 5.98. The maximum Gasteiger partial charge on any atom is 0.0224 e. The van der Waals surface area contributed by atoms with Crippen LogP contribution in [0, 0.1) is 5.41 Å². The Labute approximate surface area is 119 Å². The second-order valence-corrected chi connectivity index (χ2v) is 7.34. The first-order valence-corrected chi connectivity index (χ1v) is 7.63. The molecular weight excluding hydrogens is 236 g/mol. The first-order valence-electron chi connectivity index (χ1n) is 7.63. The molecule has 19 heavy (non-hydrogen) atoms. The minimum Gasteiger partial charge on any atom is -0.329 e. The van der Waals surface area contributed by atoms with Crippen molar-refractivity contribution in [3.05, 3.63) is 0 Å². The van der Waals surface area contributed by atoms with Gasteiger partial charge in [-0.15, -0.1) is 0 Å². The Morgan fingerprint density at radius 2 is 1.68 bits per heavy atom. The van der Waals surface area contributed by atoms with Crippen LogP contribution in [0.2, 0.25) is 0 Å². The van der Waals surface area contributed by atoms with Crippen molar-refractivity contribution in [3.63, 3.8) is 0 Å². The second-order valence-electron chi connectivity index (χ2n) is 7.34. The lowest BCUT2D eigenvalue weighted by atomic mass is 9.87. The van der Waals surface area contributed by atoms with Crippen molar-refractivity contribution in [2.75, 3.05) is 59.9 Å². The highest BCUT2D eigenvalue weighted by Crippen LogP contribution is 2.23. The molecule has 0 aromatic heterocycles. The van der Waals surface area contributed by atoms with Gasteiger partial charge in [-0.05, 0) is 25.9 Å². The highest BCUT2D eigenvalue weighted by Gasteiger charge is 2.26. The van der Waals surface area contributed by atoms with Gasteiger partial charge in [0, 0.05) is 51.9 Å². The van der Waals surface area contributed by atoms with E-state index in [-0.39, 0.29) is 0 Å². The van der Waals surface area contributed by atoms with E-state index >= 15 is 0 Å². The van der Waals surface area contributed by atoms with Crippen LogP contribution in [0.25, 0.3) is 0 Å². The average Bonchev–Trinajstić information content (AvgIpc) is 2.33. The van der Waals surface area contributed by atoms with Crippen LogP contribution in [0.5, 0.6) is 0 Å². The zero-order valence-corrected chi connectivity index (χ0v) is 13.7. The molecule has 1 fully saturated rings. The molecule has 0 spiro atoms. The Hall–Kier alpha value is -0.160. The van der Waals surface area contributed by atoms with Crippen LogP contribution in [-0.2, 0) is 0 Å². The Morgan fingerprint density at radius 3 is 2.11 bits per heavy atom. The summed E-state index contributed by atoms with van der Waals surface area (Å²) in [4.78, 5) is 7.42. The van der Waals surface area contributed by atoms with Gasteiger partial charge in [-0.3, -0.25) is 9.80 Å². The molecule has 4 heteroatoms. The van der Waals surface area contributed by atoms with Crippen LogP contribution < -0.4 is 5.73 Å². The van der Waals surface area contributed by atoms with Crippen molar-refractivity contribution >= 4 is 0 Å². The fourth-order valence-corrected chi connectivity index (χ4v) is 2.76. The van der Waals surface area contributed by atoms with Crippen molar-refractivity contribution < 1.29 is 0 Å². The zero-order chi connectivity index (χ0) is 14.5. The fraction of sp³-hybridized carbons (Fsp3) is 1.00. The molecule has 1 atom stereocenters. The lowest BCUT2D eigenvalue weighted by Gasteiger charge is -2.41. The van der Waals surface area contributed by atoms with Crippen molar-refractivity contribution in [3.8, 4) is 0 Å². The average molecular weight is 270 g/mol. The van der Waals surface area contributed by atoms with Crippen LogP contribution in [0.15, 0.2) is 0 Å². The summed E-state index contributed by atoms with van der Waals surface area (Å²) in [5.74, 6) is 0. The molecule has 1 saturated heterocycles. The molecule has 0 aromatic carbocycles. The quantitative estimate of drug-likeness (QED) is 0.779. The van der Waals surface area contributed by atoms with Gasteiger partial charge >= 0.3 is 0 Å². The van der Waals surface area contributed by atoms with Gasteiger partial charge in [-0.2, -0.15) is 0 Å². The molecule has 1 aliphatic rings. The van der Waals surface area contributed by atoms with Crippen molar-refractivity contribution in [2.45, 2.75) is 33.2 Å². The Bertz CT molecular complexity index is 239. The van der Waals surface area contributed by atoms with Gasteiger partial charge in [-0.25, -0.2) is 0 Å². The van der Waals surface area contributed by atoms with Crippen molar-refractivity contribution in [1.82, 2.24) is 14.7 Å². The van der Waals surface area contributed by atoms with E-state index in [1.54, 1.807) is 0 Å². The van der Waals surface area contributed by atoms with Gasteiger partial charge < -0.3 is 10.6 Å². The lowest BCUT2D eigenvalue weighted by molar-refractivity contribution is 0.0767. The predicted molar refractivity (Wildman–Crippen MR) is 83.5 cm³/mol. The highest BCUT2D eigenvalue weighted by molar-refractivity contribution is 4.82. The molecule has 0 saturated carbocycles. The molecule has 1 unspecified atom stereocenters. The number of nitrogens with two attached hydrogens (primary N) is 1. The summed E-state index contributed by atoms with van der Waals surface area (Å²) in [6.07, 6.45) is 1.20. The molecule has 4 nitrogen and oxygen atoms in total. The summed E-state index contributed by atoms with van der Waals surface area (Å²) >= 11 is 0. The predicted octanol–water partition coefficient (Wildman–Crippen LogP) is 0.929. The van der Waals surface area contributed by atoms with Crippen LogP contribution in [0.1, 0.15) is 27.2 Å². The maximum absolute atomic E-state index is 5.98. The topological polar surface area (TPSA) is 35.7 Å². The van der Waals surface area contributed by atoms with Gasteiger partial charge in [0.1, 0.15) is 0 Å². The van der Waals surface area contributed by atoms with E-state index < -0.39 is 0 Å². The number of nitrogens with zero attached hydrogens (tertiary/aromatic N) is 3. The van der Waals surface area contributed by atoms with Crippen LogP contribution in [0.4, 0.5) is 0 Å². The van der Waals surface area contributed by atoms with Gasteiger partial charge in [-0.1, -0.05) is 20.8 Å². The van der Waals surface area contributed by atoms with E-state index in [0.717, 1.165) is 13.1 Å². The summed E-state index contributed by atoms with van der Waals surface area (Å²) in [6.45, 7) is 14.8. The van der Waals surface area contributed by atoms with Crippen molar-refractivity contribution in [2.24, 2.45) is 11.1 Å². The summed E-state index contributed by atoms with van der Waals surface area (Å²) in [6, 6.07) is 0.552. The van der Waals surface area contributed by atoms with E-state index in [2.05, 4.69) is 49.6 Å². The molecule has 1 heterocycles. The summed E-state index contributed by atoms with van der Waals surface area (Å²) in [5.41, 5.74) is 6.35. The molecule has 114 valence electrons. The molecule has 1 aliphatic heterocycles. The van der Waals surface area contributed by atoms with E-state index in [9.17, 15) is 0 Å². The third kappa shape index (κ3) is 6.70. The molecule has 0 aliphatic carbocycles. The SMILES string of the molecule is CN(C)CCN1CCN(C(CN)CC(C)(C)C)CC1. The Balaban J connectivity index is 2.35. The molecule has 0 radical (unpaired) electrons. The minimum absolute atomic E-state index is 0.367. The van der Waals surface area contributed by atoms with Crippen LogP contribution >= 0.6 is 0 Å². The monoisotopic (exact) mass is 270 g/mol.